The smallest absolute Gasteiger partial charge is 0.137 e. The molecule has 0 saturated heterocycles. The van der Waals surface area contributed by atoms with Crippen LogP contribution in [0.25, 0.3) is 44.4 Å². The lowest BCUT2D eigenvalue weighted by molar-refractivity contribution is 0.478. The molecular weight excluding hydrogens is 576 g/mol. The van der Waals surface area contributed by atoms with Crippen LogP contribution in [0, 0.1) is 20.8 Å². The van der Waals surface area contributed by atoms with Crippen LogP contribution in [-0.4, -0.2) is 19.3 Å². The third-order valence-corrected chi connectivity index (χ3v) is 9.15. The molecule has 0 aliphatic heterocycles. The summed E-state index contributed by atoms with van der Waals surface area (Å²) in [6.45, 7) is 17.5. The van der Waals surface area contributed by atoms with Gasteiger partial charge in [-0.15, -0.1) is 0 Å². The summed E-state index contributed by atoms with van der Waals surface area (Å²) < 4.78 is 11.1. The van der Waals surface area contributed by atoms with Crippen molar-refractivity contribution in [2.75, 3.05) is 0 Å². The number of nitrogens with zero attached hydrogens (tertiary/aromatic N) is 4. The molecule has 7 rings (SSSR count). The van der Waals surface area contributed by atoms with Crippen LogP contribution in [0.15, 0.2) is 103 Å². The van der Waals surface area contributed by atoms with E-state index in [1.54, 1.807) is 0 Å². The van der Waals surface area contributed by atoms with Crippen molar-refractivity contribution in [3.8, 4) is 34.1 Å². The van der Waals surface area contributed by atoms with Crippen molar-refractivity contribution in [2.24, 2.45) is 0 Å². The van der Waals surface area contributed by atoms with Gasteiger partial charge in [-0.3, -0.25) is 4.57 Å². The minimum atomic E-state index is -0.0895. The maximum atomic E-state index is 6.74. The van der Waals surface area contributed by atoms with Crippen LogP contribution in [0.2, 0.25) is 0 Å². The number of hydrogen-bond donors (Lipinski definition) is 0. The van der Waals surface area contributed by atoms with Crippen LogP contribution in [0.3, 0.4) is 0 Å². The number of benzene rings is 4. The first-order chi connectivity index (χ1) is 22.5. The second-order valence-corrected chi connectivity index (χ2v) is 14.0. The third-order valence-electron chi connectivity index (χ3n) is 9.15. The van der Waals surface area contributed by atoms with Gasteiger partial charge in [-0.2, -0.15) is 5.10 Å². The molecule has 0 amide bonds. The quantitative estimate of drug-likeness (QED) is 0.186. The van der Waals surface area contributed by atoms with E-state index in [0.29, 0.717) is 5.92 Å². The fraction of sp³-hybridized carbons (Fsp3) is 0.238. The largest absolute Gasteiger partial charge is 0.457 e. The first kappa shape index (κ1) is 30.5. The molecular formula is C42H42N4O. The maximum Gasteiger partial charge on any atom is 0.137 e. The normalized spacial score (nSPS) is 12.0. The Morgan fingerprint density at radius 3 is 2.23 bits per heavy atom. The van der Waals surface area contributed by atoms with Crippen LogP contribution >= 0.6 is 0 Å². The van der Waals surface area contributed by atoms with Crippen LogP contribution in [0.4, 0.5) is 0 Å². The second-order valence-electron chi connectivity index (χ2n) is 14.0. The molecule has 0 bridgehead atoms. The van der Waals surface area contributed by atoms with Crippen molar-refractivity contribution in [1.29, 1.82) is 0 Å². The number of pyridine rings is 1. The van der Waals surface area contributed by atoms with Gasteiger partial charge in [0.15, 0.2) is 0 Å². The summed E-state index contributed by atoms with van der Waals surface area (Å²) >= 11 is 0. The molecule has 0 radical (unpaired) electrons. The molecule has 0 spiro atoms. The number of rotatable bonds is 6. The average molecular weight is 619 g/mol. The van der Waals surface area contributed by atoms with Crippen molar-refractivity contribution >= 4 is 21.8 Å². The number of fused-ring (bicyclic) bond motifs is 3. The highest BCUT2D eigenvalue weighted by Crippen LogP contribution is 2.38. The van der Waals surface area contributed by atoms with Crippen LogP contribution in [-0.2, 0) is 5.41 Å². The molecule has 0 aliphatic rings. The first-order valence-electron chi connectivity index (χ1n) is 16.4. The highest BCUT2D eigenvalue weighted by atomic mass is 16.5. The predicted octanol–water partition coefficient (Wildman–Crippen LogP) is 11.2. The van der Waals surface area contributed by atoms with Crippen molar-refractivity contribution in [1.82, 2.24) is 19.3 Å². The maximum absolute atomic E-state index is 6.74. The number of hydrogen-bond acceptors (Lipinski definition) is 3. The standard InChI is InChI=1S/C42H42N4O/c1-26(2)31-14-17-38-37(21-31)36-16-15-34(25-39(36)45(38)40-20-27(3)18-19-43-40)47-35-23-32(42(6,7)8)22-33(24-35)46-29(5)41(28(4)44-46)30-12-10-9-11-13-30/h9-26H,1-8H3. The molecule has 0 saturated carbocycles. The second kappa shape index (κ2) is 11.6. The zero-order chi connectivity index (χ0) is 33.0. The molecule has 47 heavy (non-hydrogen) atoms. The monoisotopic (exact) mass is 618 g/mol. The molecule has 5 heteroatoms. The Bertz CT molecular complexity index is 2260. The lowest BCUT2D eigenvalue weighted by atomic mass is 9.86. The van der Waals surface area contributed by atoms with Crippen LogP contribution in [0.5, 0.6) is 11.5 Å². The Morgan fingerprint density at radius 2 is 1.51 bits per heavy atom. The summed E-state index contributed by atoms with van der Waals surface area (Å²) in [7, 11) is 0. The van der Waals surface area contributed by atoms with E-state index in [9.17, 15) is 0 Å². The number of ether oxygens (including phenoxy) is 1. The molecule has 7 aromatic rings. The van der Waals surface area contributed by atoms with E-state index in [1.807, 2.05) is 18.3 Å². The van der Waals surface area contributed by atoms with E-state index in [4.69, 9.17) is 14.8 Å². The van der Waals surface area contributed by atoms with Gasteiger partial charge < -0.3 is 4.74 Å². The molecule has 3 heterocycles. The highest BCUT2D eigenvalue weighted by molar-refractivity contribution is 6.09. The Morgan fingerprint density at radius 1 is 0.723 bits per heavy atom. The molecule has 0 unspecified atom stereocenters. The zero-order valence-corrected chi connectivity index (χ0v) is 28.6. The minimum absolute atomic E-state index is 0.0895. The van der Waals surface area contributed by atoms with Crippen molar-refractivity contribution < 1.29 is 4.74 Å². The third kappa shape index (κ3) is 5.61. The van der Waals surface area contributed by atoms with Crippen LogP contribution < -0.4 is 4.74 Å². The van der Waals surface area contributed by atoms with Gasteiger partial charge in [0, 0.05) is 40.4 Å². The van der Waals surface area contributed by atoms with Gasteiger partial charge in [-0.05, 0) is 103 Å². The summed E-state index contributed by atoms with van der Waals surface area (Å²) in [5.41, 5.74) is 11.2. The molecule has 0 N–H and O–H groups in total. The van der Waals surface area contributed by atoms with Crippen molar-refractivity contribution in [3.63, 3.8) is 0 Å². The minimum Gasteiger partial charge on any atom is -0.457 e. The lowest BCUT2D eigenvalue weighted by Gasteiger charge is -2.22. The molecule has 0 fully saturated rings. The molecule has 236 valence electrons. The highest BCUT2D eigenvalue weighted by Gasteiger charge is 2.21. The number of aryl methyl sites for hydroxylation is 2. The summed E-state index contributed by atoms with van der Waals surface area (Å²) in [5.74, 6) is 2.88. The van der Waals surface area contributed by atoms with Gasteiger partial charge in [0.05, 0.1) is 22.4 Å². The summed E-state index contributed by atoms with van der Waals surface area (Å²) in [5, 5.41) is 7.41. The Labute approximate surface area is 277 Å². The molecule has 3 aromatic heterocycles. The topological polar surface area (TPSA) is 44.9 Å². The van der Waals surface area contributed by atoms with Gasteiger partial charge in [-0.25, -0.2) is 9.67 Å². The molecule has 0 atom stereocenters. The lowest BCUT2D eigenvalue weighted by Crippen LogP contribution is -2.12. The van der Waals surface area contributed by atoms with Gasteiger partial charge in [0.2, 0.25) is 0 Å². The summed E-state index contributed by atoms with van der Waals surface area (Å²) in [6.07, 6.45) is 1.88. The van der Waals surface area contributed by atoms with E-state index in [2.05, 4.69) is 150 Å². The number of aromatic nitrogens is 4. The average Bonchev–Trinajstić information content (AvgIpc) is 3.53. The van der Waals surface area contributed by atoms with E-state index in [-0.39, 0.29) is 5.41 Å². The van der Waals surface area contributed by atoms with Crippen LogP contribution in [0.1, 0.15) is 68.6 Å². The fourth-order valence-corrected chi connectivity index (χ4v) is 6.58. The molecule has 0 aliphatic carbocycles. The van der Waals surface area contributed by atoms with Gasteiger partial charge >= 0.3 is 0 Å². The van der Waals surface area contributed by atoms with Gasteiger partial charge in [-0.1, -0.05) is 71.0 Å². The van der Waals surface area contributed by atoms with Gasteiger partial charge in [0.25, 0.3) is 0 Å². The predicted molar refractivity (Wildman–Crippen MR) is 195 cm³/mol. The van der Waals surface area contributed by atoms with Crippen molar-refractivity contribution in [2.45, 2.75) is 66.7 Å². The van der Waals surface area contributed by atoms with E-state index in [0.717, 1.165) is 51.0 Å². The van der Waals surface area contributed by atoms with Gasteiger partial charge in [0.1, 0.15) is 17.3 Å². The zero-order valence-electron chi connectivity index (χ0n) is 28.6. The van der Waals surface area contributed by atoms with E-state index >= 15 is 0 Å². The summed E-state index contributed by atoms with van der Waals surface area (Å²) in [4.78, 5) is 4.79. The summed E-state index contributed by atoms with van der Waals surface area (Å²) in [6, 6.07) is 34.4. The van der Waals surface area contributed by atoms with Crippen molar-refractivity contribution in [3.05, 3.63) is 131 Å². The first-order valence-corrected chi connectivity index (χ1v) is 16.4. The van der Waals surface area contributed by atoms with E-state index < -0.39 is 0 Å². The Balaban J connectivity index is 1.37. The van der Waals surface area contributed by atoms with E-state index in [1.165, 1.54) is 33.0 Å². The Kier molecular flexibility index (Phi) is 7.51. The fourth-order valence-electron chi connectivity index (χ4n) is 6.58. The molecule has 5 nitrogen and oxygen atoms in total. The SMILES string of the molecule is Cc1ccnc(-n2c3ccc(C(C)C)cc3c3ccc(Oc4cc(-n5nc(C)c(-c6ccccc6)c5C)cc(C(C)(C)C)c4)cc32)c1. The molecule has 4 aromatic carbocycles. The Hall–Kier alpha value is -5.16.